The number of thioether (sulfide) groups is 1. The summed E-state index contributed by atoms with van der Waals surface area (Å²) in [5.41, 5.74) is 1.46. The minimum atomic E-state index is 1.20. The minimum absolute atomic E-state index is 1.20. The Balaban J connectivity index is 0.000000671. The van der Waals surface area contributed by atoms with Gasteiger partial charge in [0.25, 0.3) is 0 Å². The Hall–Kier alpha value is -0.430. The van der Waals surface area contributed by atoms with Gasteiger partial charge in [-0.1, -0.05) is 39.3 Å². The molecule has 0 atom stereocenters. The van der Waals surface area contributed by atoms with Gasteiger partial charge in [-0.15, -0.1) is 11.8 Å². The van der Waals surface area contributed by atoms with E-state index in [-0.39, 0.29) is 0 Å². The van der Waals surface area contributed by atoms with E-state index in [9.17, 15) is 0 Å². The van der Waals surface area contributed by atoms with Crippen LogP contribution in [0.1, 0.15) is 32.8 Å². The molecule has 0 fully saturated rings. The summed E-state index contributed by atoms with van der Waals surface area (Å²) >= 11 is 1.81. The maximum atomic E-state index is 2.27. The quantitative estimate of drug-likeness (QED) is 0.646. The molecule has 0 N–H and O–H groups in total. The van der Waals surface area contributed by atoms with Crippen LogP contribution in [0, 0.1) is 0 Å². The molecule has 0 radical (unpaired) electrons. The summed E-state index contributed by atoms with van der Waals surface area (Å²) in [5.74, 6) is 0. The van der Waals surface area contributed by atoms with E-state index in [1.54, 1.807) is 0 Å². The Morgan fingerprint density at radius 3 is 2.46 bits per heavy atom. The van der Waals surface area contributed by atoms with Gasteiger partial charge in [0.1, 0.15) is 0 Å². The van der Waals surface area contributed by atoms with Crippen LogP contribution in [0.5, 0.6) is 0 Å². The second kappa shape index (κ2) is 8.18. The van der Waals surface area contributed by atoms with Crippen molar-refractivity contribution in [1.82, 2.24) is 0 Å². The molecule has 74 valence electrons. The van der Waals surface area contributed by atoms with Crippen LogP contribution in [-0.4, -0.2) is 6.26 Å². The summed E-state index contributed by atoms with van der Waals surface area (Å²) in [6, 6.07) is 8.76. The van der Waals surface area contributed by atoms with Crippen molar-refractivity contribution in [2.75, 3.05) is 6.26 Å². The van der Waals surface area contributed by atoms with Crippen molar-refractivity contribution in [1.29, 1.82) is 0 Å². The molecule has 0 aromatic heterocycles. The third-order valence-corrected chi connectivity index (χ3v) is 2.40. The summed E-state index contributed by atoms with van der Waals surface area (Å²) < 4.78 is 0. The van der Waals surface area contributed by atoms with Gasteiger partial charge in [0, 0.05) is 4.90 Å². The van der Waals surface area contributed by atoms with Crippen LogP contribution in [0.15, 0.2) is 29.2 Å². The Morgan fingerprint density at radius 2 is 1.92 bits per heavy atom. The van der Waals surface area contributed by atoms with E-state index in [4.69, 9.17) is 0 Å². The fraction of sp³-hybridized carbons (Fsp3) is 0.500. The van der Waals surface area contributed by atoms with E-state index in [0.29, 0.717) is 0 Å². The van der Waals surface area contributed by atoms with Gasteiger partial charge in [-0.2, -0.15) is 0 Å². The monoisotopic (exact) mass is 196 g/mol. The fourth-order valence-electron chi connectivity index (χ4n) is 1.12. The molecule has 0 aliphatic heterocycles. The molecular formula is C12H20S. The van der Waals surface area contributed by atoms with Crippen LogP contribution >= 0.6 is 11.8 Å². The van der Waals surface area contributed by atoms with Crippen LogP contribution in [0.2, 0.25) is 0 Å². The lowest BCUT2D eigenvalue weighted by Crippen LogP contribution is -1.81. The average Bonchev–Trinajstić information content (AvgIpc) is 2.22. The molecular weight excluding hydrogens is 176 g/mol. The topological polar surface area (TPSA) is 0 Å². The van der Waals surface area contributed by atoms with Crippen LogP contribution in [0.3, 0.4) is 0 Å². The predicted molar refractivity (Wildman–Crippen MR) is 63.6 cm³/mol. The molecule has 1 aromatic carbocycles. The van der Waals surface area contributed by atoms with Gasteiger partial charge >= 0.3 is 0 Å². The molecule has 0 nitrogen and oxygen atoms in total. The Kier molecular flexibility index (Phi) is 7.91. The van der Waals surface area contributed by atoms with Gasteiger partial charge in [-0.05, 0) is 30.4 Å². The van der Waals surface area contributed by atoms with Crippen LogP contribution < -0.4 is 0 Å². The van der Waals surface area contributed by atoms with Crippen LogP contribution in [0.4, 0.5) is 0 Å². The lowest BCUT2D eigenvalue weighted by molar-refractivity contribution is 0.918. The van der Waals surface area contributed by atoms with Crippen molar-refractivity contribution in [3.05, 3.63) is 29.8 Å². The number of aryl methyl sites for hydroxylation is 1. The standard InChI is InChI=1S/C10H14S.C2H6/c1-3-5-9-6-4-7-10(8-9)11-2;1-2/h4,6-8H,3,5H2,1-2H3;1-2H3. The highest BCUT2D eigenvalue weighted by Gasteiger charge is 1.92. The van der Waals surface area contributed by atoms with E-state index in [0.717, 1.165) is 0 Å². The molecule has 0 amide bonds. The second-order valence-electron chi connectivity index (χ2n) is 2.60. The average molecular weight is 196 g/mol. The molecule has 0 heterocycles. The molecule has 1 rings (SSSR count). The fourth-order valence-corrected chi connectivity index (χ4v) is 1.60. The molecule has 0 unspecified atom stereocenters. The summed E-state index contributed by atoms with van der Waals surface area (Å²) in [6.07, 6.45) is 4.55. The van der Waals surface area contributed by atoms with Gasteiger partial charge < -0.3 is 0 Å². The molecule has 0 bridgehead atoms. The molecule has 0 aliphatic carbocycles. The Bertz CT molecular complexity index is 218. The molecule has 0 saturated heterocycles. The molecule has 1 heteroatoms. The van der Waals surface area contributed by atoms with Crippen LogP contribution in [-0.2, 0) is 6.42 Å². The second-order valence-corrected chi connectivity index (χ2v) is 3.48. The molecule has 1 aromatic rings. The zero-order chi connectivity index (χ0) is 10.1. The minimum Gasteiger partial charge on any atom is -0.130 e. The highest BCUT2D eigenvalue weighted by Crippen LogP contribution is 2.16. The molecule has 0 spiro atoms. The zero-order valence-electron chi connectivity index (χ0n) is 9.13. The van der Waals surface area contributed by atoms with Crippen molar-refractivity contribution in [3.8, 4) is 0 Å². The Labute approximate surface area is 86.7 Å². The van der Waals surface area contributed by atoms with Crippen molar-refractivity contribution in [2.24, 2.45) is 0 Å². The number of benzene rings is 1. The molecule has 0 aliphatic rings. The SMILES string of the molecule is CC.CCCc1cccc(SC)c1. The van der Waals surface area contributed by atoms with Crippen molar-refractivity contribution in [3.63, 3.8) is 0 Å². The maximum Gasteiger partial charge on any atom is 0.00718 e. The van der Waals surface area contributed by atoms with E-state index < -0.39 is 0 Å². The lowest BCUT2D eigenvalue weighted by Gasteiger charge is -2.00. The third-order valence-electron chi connectivity index (χ3n) is 1.67. The summed E-state index contributed by atoms with van der Waals surface area (Å²) in [6.45, 7) is 6.21. The lowest BCUT2D eigenvalue weighted by atomic mass is 10.1. The predicted octanol–water partition coefficient (Wildman–Crippen LogP) is 4.39. The summed E-state index contributed by atoms with van der Waals surface area (Å²) in [5, 5.41) is 0. The van der Waals surface area contributed by atoms with E-state index in [1.165, 1.54) is 23.3 Å². The van der Waals surface area contributed by atoms with E-state index >= 15 is 0 Å². The largest absolute Gasteiger partial charge is 0.130 e. The van der Waals surface area contributed by atoms with Gasteiger partial charge in [0.05, 0.1) is 0 Å². The highest BCUT2D eigenvalue weighted by atomic mass is 32.2. The first-order chi connectivity index (χ1) is 6.36. The van der Waals surface area contributed by atoms with Crippen molar-refractivity contribution < 1.29 is 0 Å². The van der Waals surface area contributed by atoms with Gasteiger partial charge in [0.2, 0.25) is 0 Å². The normalized spacial score (nSPS) is 8.92. The number of hydrogen-bond donors (Lipinski definition) is 0. The number of rotatable bonds is 3. The van der Waals surface area contributed by atoms with E-state index in [1.807, 2.05) is 25.6 Å². The van der Waals surface area contributed by atoms with E-state index in [2.05, 4.69) is 37.4 Å². The van der Waals surface area contributed by atoms with Gasteiger partial charge in [-0.25, -0.2) is 0 Å². The first kappa shape index (κ1) is 12.6. The van der Waals surface area contributed by atoms with Crippen LogP contribution in [0.25, 0.3) is 0 Å². The van der Waals surface area contributed by atoms with Gasteiger partial charge in [0.15, 0.2) is 0 Å². The zero-order valence-corrected chi connectivity index (χ0v) is 9.95. The first-order valence-corrected chi connectivity index (χ1v) is 6.22. The van der Waals surface area contributed by atoms with Gasteiger partial charge in [-0.3, -0.25) is 0 Å². The summed E-state index contributed by atoms with van der Waals surface area (Å²) in [4.78, 5) is 1.37. The first-order valence-electron chi connectivity index (χ1n) is 4.99. The molecule has 13 heavy (non-hydrogen) atoms. The maximum absolute atomic E-state index is 2.27. The highest BCUT2D eigenvalue weighted by molar-refractivity contribution is 7.98. The number of hydrogen-bond acceptors (Lipinski definition) is 1. The molecule has 0 saturated carbocycles. The summed E-state index contributed by atoms with van der Waals surface area (Å²) in [7, 11) is 0. The van der Waals surface area contributed by atoms with Crippen molar-refractivity contribution in [2.45, 2.75) is 38.5 Å². The smallest absolute Gasteiger partial charge is 0.00718 e. The van der Waals surface area contributed by atoms with Crippen molar-refractivity contribution >= 4 is 11.8 Å². The Morgan fingerprint density at radius 1 is 1.23 bits per heavy atom. The third kappa shape index (κ3) is 4.99.